The summed E-state index contributed by atoms with van der Waals surface area (Å²) in [4.78, 5) is 31.2. The van der Waals surface area contributed by atoms with Crippen LogP contribution in [0.5, 0.6) is 0 Å². The highest BCUT2D eigenvalue weighted by Crippen LogP contribution is 2.26. The highest BCUT2D eigenvalue weighted by Gasteiger charge is 2.34. The van der Waals surface area contributed by atoms with E-state index in [9.17, 15) is 14.8 Å². The fraction of sp³-hybridized carbons (Fsp3) is 0.280. The number of imide groups is 1. The Bertz CT molecular complexity index is 1340. The largest absolute Gasteiger partial charge is 0.618 e. The normalized spacial score (nSPS) is 13.4. The molecule has 168 valence electrons. The molecular formula is C25H24N4O4. The topological polar surface area (TPSA) is 91.4 Å². The van der Waals surface area contributed by atoms with Crippen LogP contribution in [0.2, 0.25) is 0 Å². The first-order valence-corrected chi connectivity index (χ1v) is 11.1. The average Bonchev–Trinajstić information content (AvgIpc) is 3.30. The van der Waals surface area contributed by atoms with Crippen molar-refractivity contribution in [2.45, 2.75) is 32.9 Å². The van der Waals surface area contributed by atoms with Crippen LogP contribution in [-0.4, -0.2) is 39.4 Å². The summed E-state index contributed by atoms with van der Waals surface area (Å²) in [7, 11) is 0. The lowest BCUT2D eigenvalue weighted by molar-refractivity contribution is -0.575. The standard InChI is InChI=1S/C25H24N4O4/c1-2-33-16-22-26-20-15-29(32)21-12-6-5-11-19(21)23(20)27(22)13-7-8-14-28-24(30)17-9-3-4-10-18(17)25(28)31/h3-6,9-12,15H,2,7-8,13-14,16H2,1H3. The molecule has 1 aliphatic rings. The summed E-state index contributed by atoms with van der Waals surface area (Å²) in [5.41, 5.74) is 3.05. The Labute approximate surface area is 190 Å². The number of para-hydroxylation sites is 1. The van der Waals surface area contributed by atoms with Gasteiger partial charge in [0.15, 0.2) is 5.52 Å². The summed E-state index contributed by atoms with van der Waals surface area (Å²) in [5.74, 6) is 0.294. The van der Waals surface area contributed by atoms with Crippen LogP contribution in [0.4, 0.5) is 0 Å². The average molecular weight is 444 g/mol. The summed E-state index contributed by atoms with van der Waals surface area (Å²) in [6.07, 6.45) is 2.90. The molecule has 1 aliphatic heterocycles. The molecule has 8 nitrogen and oxygen atoms in total. The molecule has 0 fully saturated rings. The van der Waals surface area contributed by atoms with Crippen molar-refractivity contribution in [1.82, 2.24) is 14.5 Å². The number of carbonyl (C=O) groups is 2. The van der Waals surface area contributed by atoms with E-state index in [0.717, 1.165) is 27.9 Å². The molecule has 5 rings (SSSR count). The fourth-order valence-corrected chi connectivity index (χ4v) is 4.47. The number of unbranched alkanes of at least 4 members (excludes halogenated alkanes) is 1. The Kier molecular flexibility index (Phi) is 5.51. The highest BCUT2D eigenvalue weighted by molar-refractivity contribution is 6.21. The number of fused-ring (bicyclic) bond motifs is 4. The molecule has 0 saturated heterocycles. The molecule has 0 unspecified atom stereocenters. The Balaban J connectivity index is 1.38. The van der Waals surface area contributed by atoms with Crippen molar-refractivity contribution in [1.29, 1.82) is 0 Å². The summed E-state index contributed by atoms with van der Waals surface area (Å²) in [6.45, 7) is 3.83. The van der Waals surface area contributed by atoms with E-state index in [4.69, 9.17) is 4.74 Å². The molecule has 0 saturated carbocycles. The number of ether oxygens (including phenoxy) is 1. The monoisotopic (exact) mass is 444 g/mol. The van der Waals surface area contributed by atoms with Crippen LogP contribution in [0, 0.1) is 5.21 Å². The van der Waals surface area contributed by atoms with Crippen molar-refractivity contribution in [2.24, 2.45) is 0 Å². The maximum atomic E-state index is 12.6. The quantitative estimate of drug-likeness (QED) is 0.180. The molecule has 0 spiro atoms. The van der Waals surface area contributed by atoms with Crippen molar-refractivity contribution in [3.8, 4) is 0 Å². The van der Waals surface area contributed by atoms with Crippen LogP contribution >= 0.6 is 0 Å². The van der Waals surface area contributed by atoms with E-state index in [1.54, 1.807) is 30.3 Å². The van der Waals surface area contributed by atoms with Gasteiger partial charge in [0.05, 0.1) is 22.0 Å². The van der Waals surface area contributed by atoms with Gasteiger partial charge in [0.2, 0.25) is 11.7 Å². The van der Waals surface area contributed by atoms with E-state index < -0.39 is 0 Å². The Morgan fingerprint density at radius 2 is 1.64 bits per heavy atom. The van der Waals surface area contributed by atoms with Crippen molar-refractivity contribution >= 4 is 33.8 Å². The number of carbonyl (C=O) groups excluding carboxylic acids is 2. The highest BCUT2D eigenvalue weighted by atomic mass is 16.5. The number of imidazole rings is 1. The van der Waals surface area contributed by atoms with Gasteiger partial charge in [-0.05, 0) is 38.0 Å². The number of aromatic nitrogens is 3. The molecule has 2 amide bonds. The van der Waals surface area contributed by atoms with E-state index in [2.05, 4.69) is 9.55 Å². The predicted molar refractivity (Wildman–Crippen MR) is 123 cm³/mol. The molecule has 2 aromatic carbocycles. The van der Waals surface area contributed by atoms with Gasteiger partial charge in [-0.3, -0.25) is 14.5 Å². The van der Waals surface area contributed by atoms with E-state index in [-0.39, 0.29) is 11.8 Å². The number of nitrogens with zero attached hydrogens (tertiary/aromatic N) is 4. The van der Waals surface area contributed by atoms with Crippen LogP contribution < -0.4 is 4.73 Å². The van der Waals surface area contributed by atoms with Crippen LogP contribution in [0.3, 0.4) is 0 Å². The number of hydrogen-bond donors (Lipinski definition) is 0. The molecule has 2 aromatic heterocycles. The Morgan fingerprint density at radius 1 is 0.970 bits per heavy atom. The van der Waals surface area contributed by atoms with Crippen molar-refractivity contribution in [2.75, 3.05) is 13.2 Å². The first kappa shape index (κ1) is 21.1. The molecule has 33 heavy (non-hydrogen) atoms. The van der Waals surface area contributed by atoms with Gasteiger partial charge in [-0.25, -0.2) is 4.98 Å². The number of rotatable bonds is 8. The van der Waals surface area contributed by atoms with E-state index in [0.29, 0.717) is 54.9 Å². The summed E-state index contributed by atoms with van der Waals surface area (Å²) in [6, 6.07) is 14.4. The molecular weight excluding hydrogens is 420 g/mol. The zero-order chi connectivity index (χ0) is 22.9. The molecule has 0 N–H and O–H groups in total. The van der Waals surface area contributed by atoms with E-state index in [1.807, 2.05) is 25.1 Å². The molecule has 0 atom stereocenters. The van der Waals surface area contributed by atoms with Gasteiger partial charge in [-0.1, -0.05) is 24.3 Å². The third kappa shape index (κ3) is 3.62. The fourth-order valence-electron chi connectivity index (χ4n) is 4.47. The number of aryl methyl sites for hydroxylation is 1. The third-order valence-corrected chi connectivity index (χ3v) is 6.04. The van der Waals surface area contributed by atoms with E-state index >= 15 is 0 Å². The first-order chi connectivity index (χ1) is 16.1. The van der Waals surface area contributed by atoms with Crippen molar-refractivity contribution in [3.63, 3.8) is 0 Å². The zero-order valence-electron chi connectivity index (χ0n) is 18.4. The third-order valence-electron chi connectivity index (χ3n) is 6.04. The minimum Gasteiger partial charge on any atom is -0.618 e. The zero-order valence-corrected chi connectivity index (χ0v) is 18.4. The smallest absolute Gasteiger partial charge is 0.261 e. The molecule has 0 bridgehead atoms. The summed E-state index contributed by atoms with van der Waals surface area (Å²) >= 11 is 0. The van der Waals surface area contributed by atoms with Gasteiger partial charge in [-0.15, -0.1) is 0 Å². The maximum absolute atomic E-state index is 12.6. The lowest BCUT2D eigenvalue weighted by Crippen LogP contribution is -2.30. The lowest BCUT2D eigenvalue weighted by Gasteiger charge is -2.15. The SMILES string of the molecule is CCOCc1nc2c[n+]([O-])c3ccccc3c2n1CCCCN1C(=O)c2ccccc2C1=O. The number of pyridine rings is 1. The summed E-state index contributed by atoms with van der Waals surface area (Å²) < 4.78 is 8.56. The number of benzene rings is 2. The van der Waals surface area contributed by atoms with E-state index in [1.165, 1.54) is 11.1 Å². The second-order valence-corrected chi connectivity index (χ2v) is 8.04. The van der Waals surface area contributed by atoms with Gasteiger partial charge in [-0.2, -0.15) is 4.73 Å². The van der Waals surface area contributed by atoms with Gasteiger partial charge in [0, 0.05) is 25.8 Å². The first-order valence-electron chi connectivity index (χ1n) is 11.1. The van der Waals surface area contributed by atoms with Gasteiger partial charge >= 0.3 is 0 Å². The van der Waals surface area contributed by atoms with Gasteiger partial charge in [0.25, 0.3) is 11.8 Å². The predicted octanol–water partition coefficient (Wildman–Crippen LogP) is 3.44. The molecule has 8 heteroatoms. The number of hydrogen-bond acceptors (Lipinski definition) is 5. The second-order valence-electron chi connectivity index (χ2n) is 8.04. The molecule has 0 aliphatic carbocycles. The van der Waals surface area contributed by atoms with Gasteiger partial charge in [0.1, 0.15) is 12.4 Å². The molecule has 3 heterocycles. The van der Waals surface area contributed by atoms with Gasteiger partial charge < -0.3 is 14.5 Å². The Morgan fingerprint density at radius 3 is 2.36 bits per heavy atom. The Hall–Kier alpha value is -3.78. The van der Waals surface area contributed by atoms with Crippen LogP contribution in [-0.2, 0) is 17.9 Å². The maximum Gasteiger partial charge on any atom is 0.261 e. The van der Waals surface area contributed by atoms with Crippen LogP contribution in [0.1, 0.15) is 46.3 Å². The van der Waals surface area contributed by atoms with Crippen molar-refractivity contribution in [3.05, 3.63) is 76.9 Å². The number of amides is 2. The second kappa shape index (κ2) is 8.63. The van der Waals surface area contributed by atoms with Crippen LogP contribution in [0.15, 0.2) is 54.7 Å². The molecule has 4 aromatic rings. The lowest BCUT2D eigenvalue weighted by atomic mass is 10.1. The van der Waals surface area contributed by atoms with Crippen LogP contribution in [0.25, 0.3) is 21.9 Å². The van der Waals surface area contributed by atoms with Crippen molar-refractivity contribution < 1.29 is 19.1 Å². The molecule has 0 radical (unpaired) electrons. The summed E-state index contributed by atoms with van der Waals surface area (Å²) in [5, 5.41) is 13.3. The minimum atomic E-state index is -0.230. The minimum absolute atomic E-state index is 0.230.